The van der Waals surface area contributed by atoms with Crippen LogP contribution in [0, 0.1) is 6.92 Å². The third-order valence-electron chi connectivity index (χ3n) is 2.39. The Bertz CT molecular complexity index is 638. The number of aliphatic imine (C=N–C) groups is 1. The van der Waals surface area contributed by atoms with Gasteiger partial charge in [0.2, 0.25) is 11.7 Å². The second-order valence-electron chi connectivity index (χ2n) is 4.01. The molecule has 5 nitrogen and oxygen atoms in total. The van der Waals surface area contributed by atoms with Crippen LogP contribution >= 0.6 is 23.1 Å². The molecule has 0 saturated heterocycles. The zero-order valence-electron chi connectivity index (χ0n) is 11.2. The van der Waals surface area contributed by atoms with Crippen LogP contribution in [-0.2, 0) is 0 Å². The van der Waals surface area contributed by atoms with Gasteiger partial charge in [0.05, 0.1) is 4.88 Å². The SMILES string of the molecule is C=Nc1nc(SC)sc1C(=C(C)C)c1noc(C)n1. The summed E-state index contributed by atoms with van der Waals surface area (Å²) in [6.45, 7) is 9.36. The van der Waals surface area contributed by atoms with Crippen LogP contribution < -0.4 is 0 Å². The van der Waals surface area contributed by atoms with Crippen molar-refractivity contribution in [2.75, 3.05) is 6.26 Å². The van der Waals surface area contributed by atoms with Gasteiger partial charge in [0.1, 0.15) is 0 Å². The maximum absolute atomic E-state index is 5.06. The van der Waals surface area contributed by atoms with E-state index in [2.05, 4.69) is 26.8 Å². The van der Waals surface area contributed by atoms with E-state index in [9.17, 15) is 0 Å². The molecule has 0 N–H and O–H groups in total. The molecule has 0 aliphatic rings. The highest BCUT2D eigenvalue weighted by molar-refractivity contribution is 8.00. The number of thioether (sulfide) groups is 1. The van der Waals surface area contributed by atoms with E-state index in [-0.39, 0.29) is 0 Å². The standard InChI is InChI=1S/C12H14N4OS2/c1-6(2)8(10-14-7(3)17-16-10)9-11(13-4)15-12(18-5)19-9/h4H2,1-3,5H3. The van der Waals surface area contributed by atoms with Gasteiger partial charge in [-0.2, -0.15) is 4.98 Å². The van der Waals surface area contributed by atoms with Crippen LogP contribution in [0.3, 0.4) is 0 Å². The van der Waals surface area contributed by atoms with Crippen molar-refractivity contribution < 1.29 is 4.52 Å². The second kappa shape index (κ2) is 5.66. The quantitative estimate of drug-likeness (QED) is 0.635. The van der Waals surface area contributed by atoms with Crippen molar-refractivity contribution in [1.29, 1.82) is 0 Å². The van der Waals surface area contributed by atoms with Crippen molar-refractivity contribution >= 4 is 41.2 Å². The molecule has 19 heavy (non-hydrogen) atoms. The van der Waals surface area contributed by atoms with Crippen LogP contribution in [0.15, 0.2) is 19.4 Å². The minimum absolute atomic E-state index is 0.538. The van der Waals surface area contributed by atoms with Gasteiger partial charge < -0.3 is 4.52 Å². The molecule has 0 fully saturated rings. The first-order chi connectivity index (χ1) is 9.06. The number of aromatic nitrogens is 3. The molecular weight excluding hydrogens is 280 g/mol. The summed E-state index contributed by atoms with van der Waals surface area (Å²) in [6.07, 6.45) is 1.98. The molecule has 0 unspecified atom stereocenters. The first-order valence-electron chi connectivity index (χ1n) is 5.57. The van der Waals surface area contributed by atoms with E-state index in [0.29, 0.717) is 17.5 Å². The summed E-state index contributed by atoms with van der Waals surface area (Å²) in [5.41, 5.74) is 2.00. The van der Waals surface area contributed by atoms with Gasteiger partial charge >= 0.3 is 0 Å². The van der Waals surface area contributed by atoms with Crippen LogP contribution in [0.2, 0.25) is 0 Å². The lowest BCUT2D eigenvalue weighted by molar-refractivity contribution is 0.391. The van der Waals surface area contributed by atoms with Gasteiger partial charge in [-0.15, -0.1) is 11.3 Å². The molecule has 7 heteroatoms. The molecule has 2 rings (SSSR count). The number of thiazole rings is 1. The highest BCUT2D eigenvalue weighted by Gasteiger charge is 2.20. The zero-order chi connectivity index (χ0) is 14.0. The molecule has 0 radical (unpaired) electrons. The third-order valence-corrected chi connectivity index (χ3v) is 4.44. The maximum Gasteiger partial charge on any atom is 0.223 e. The lowest BCUT2D eigenvalue weighted by Crippen LogP contribution is -1.91. The lowest BCUT2D eigenvalue weighted by atomic mass is 10.1. The summed E-state index contributed by atoms with van der Waals surface area (Å²) in [5.74, 6) is 1.73. The van der Waals surface area contributed by atoms with E-state index < -0.39 is 0 Å². The van der Waals surface area contributed by atoms with Crippen molar-refractivity contribution in [3.63, 3.8) is 0 Å². The predicted octanol–water partition coefficient (Wildman–Crippen LogP) is 3.73. The number of nitrogens with zero attached hydrogens (tertiary/aromatic N) is 4. The summed E-state index contributed by atoms with van der Waals surface area (Å²) in [4.78, 5) is 13.6. The Hall–Kier alpha value is -1.47. The van der Waals surface area contributed by atoms with Crippen LogP contribution in [0.4, 0.5) is 5.82 Å². The third kappa shape index (κ3) is 2.76. The molecule has 0 spiro atoms. The van der Waals surface area contributed by atoms with E-state index in [4.69, 9.17) is 4.52 Å². The van der Waals surface area contributed by atoms with Crippen LogP contribution in [0.5, 0.6) is 0 Å². The average Bonchev–Trinajstić information content (AvgIpc) is 2.96. The minimum Gasteiger partial charge on any atom is -0.339 e. The van der Waals surface area contributed by atoms with Crippen molar-refractivity contribution in [2.45, 2.75) is 25.1 Å². The van der Waals surface area contributed by atoms with Crippen molar-refractivity contribution in [3.05, 3.63) is 22.2 Å². The maximum atomic E-state index is 5.06. The van der Waals surface area contributed by atoms with Gasteiger partial charge in [-0.25, -0.2) is 9.98 Å². The molecular formula is C12H14N4OS2. The van der Waals surface area contributed by atoms with E-state index in [1.807, 2.05) is 20.1 Å². The molecule has 2 aromatic heterocycles. The van der Waals surface area contributed by atoms with Crippen molar-refractivity contribution in [1.82, 2.24) is 15.1 Å². The fourth-order valence-corrected chi connectivity index (χ4v) is 3.27. The number of hydrogen-bond acceptors (Lipinski definition) is 7. The Morgan fingerprint density at radius 1 is 1.37 bits per heavy atom. The van der Waals surface area contributed by atoms with E-state index in [1.54, 1.807) is 30.0 Å². The van der Waals surface area contributed by atoms with Crippen molar-refractivity contribution in [3.8, 4) is 0 Å². The first kappa shape index (κ1) is 14.0. The largest absolute Gasteiger partial charge is 0.339 e. The van der Waals surface area contributed by atoms with Gasteiger partial charge in [0, 0.05) is 12.5 Å². The van der Waals surface area contributed by atoms with E-state index >= 15 is 0 Å². The lowest BCUT2D eigenvalue weighted by Gasteiger charge is -2.03. The smallest absolute Gasteiger partial charge is 0.223 e. The zero-order valence-corrected chi connectivity index (χ0v) is 12.9. The predicted molar refractivity (Wildman–Crippen MR) is 79.5 cm³/mol. The van der Waals surface area contributed by atoms with Crippen LogP contribution in [0.1, 0.15) is 30.4 Å². The number of aryl methyl sites for hydroxylation is 1. The molecule has 0 bridgehead atoms. The Labute approximate surface area is 119 Å². The first-order valence-corrected chi connectivity index (χ1v) is 7.61. The molecule has 0 amide bonds. The summed E-state index contributed by atoms with van der Waals surface area (Å²) in [6, 6.07) is 0. The minimum atomic E-state index is 0.538. The van der Waals surface area contributed by atoms with E-state index in [1.165, 1.54) is 0 Å². The molecule has 0 atom stereocenters. The molecule has 2 heterocycles. The Morgan fingerprint density at radius 3 is 2.58 bits per heavy atom. The molecule has 0 saturated carbocycles. The molecule has 100 valence electrons. The van der Waals surface area contributed by atoms with Gasteiger partial charge in [-0.1, -0.05) is 22.5 Å². The van der Waals surface area contributed by atoms with E-state index in [0.717, 1.165) is 20.4 Å². The number of hydrogen-bond donors (Lipinski definition) is 0. The monoisotopic (exact) mass is 294 g/mol. The Morgan fingerprint density at radius 2 is 2.11 bits per heavy atom. The summed E-state index contributed by atoms with van der Waals surface area (Å²) in [5, 5.41) is 3.99. The fraction of sp³-hybridized carbons (Fsp3) is 0.333. The van der Waals surface area contributed by atoms with Gasteiger partial charge in [0.25, 0.3) is 0 Å². The molecule has 0 aliphatic heterocycles. The summed E-state index contributed by atoms with van der Waals surface area (Å²) >= 11 is 3.14. The fourth-order valence-electron chi connectivity index (χ4n) is 1.60. The van der Waals surface area contributed by atoms with Gasteiger partial charge in [-0.3, -0.25) is 0 Å². The van der Waals surface area contributed by atoms with Crippen molar-refractivity contribution in [2.24, 2.45) is 4.99 Å². The summed E-state index contributed by atoms with van der Waals surface area (Å²) in [7, 11) is 0. The summed E-state index contributed by atoms with van der Waals surface area (Å²) < 4.78 is 6.00. The highest BCUT2D eigenvalue weighted by Crippen LogP contribution is 2.39. The topological polar surface area (TPSA) is 64.2 Å². The Kier molecular flexibility index (Phi) is 4.16. The molecule has 0 aromatic carbocycles. The Balaban J connectivity index is 2.61. The van der Waals surface area contributed by atoms with Crippen LogP contribution in [0.25, 0.3) is 5.57 Å². The average molecular weight is 294 g/mol. The van der Waals surface area contributed by atoms with Gasteiger partial charge in [-0.05, 0) is 26.8 Å². The van der Waals surface area contributed by atoms with Crippen LogP contribution in [-0.4, -0.2) is 28.1 Å². The highest BCUT2D eigenvalue weighted by atomic mass is 32.2. The molecule has 2 aromatic rings. The normalized spacial score (nSPS) is 10.5. The number of allylic oxidation sites excluding steroid dienone is 1. The number of rotatable bonds is 4. The van der Waals surface area contributed by atoms with Gasteiger partial charge in [0.15, 0.2) is 10.2 Å². The molecule has 0 aliphatic carbocycles. The second-order valence-corrected chi connectivity index (χ2v) is 6.06.